The molecule has 2 N–H and O–H groups in total. The number of carbonyl (C=O) groups is 1. The fraction of sp³-hybridized carbons (Fsp3) is 0.500. The highest BCUT2D eigenvalue weighted by atomic mass is 16.4. The maximum absolute atomic E-state index is 10.3. The van der Waals surface area contributed by atoms with Crippen LogP contribution in [0.2, 0.25) is 0 Å². The van der Waals surface area contributed by atoms with Gasteiger partial charge in [-0.25, -0.2) is 0 Å². The lowest BCUT2D eigenvalue weighted by molar-refractivity contribution is -0.136. The smallest absolute Gasteiger partial charge is 0.303 e. The third-order valence-electron chi connectivity index (χ3n) is 3.50. The molecule has 0 aliphatic carbocycles. The topological polar surface area (TPSA) is 57.5 Å². The summed E-state index contributed by atoms with van der Waals surface area (Å²) in [4.78, 5) is 10.3. The molecule has 0 spiro atoms. The highest BCUT2D eigenvalue weighted by molar-refractivity contribution is 5.66. The van der Waals surface area contributed by atoms with Crippen LogP contribution in [-0.2, 0) is 4.79 Å². The highest BCUT2D eigenvalue weighted by Crippen LogP contribution is 2.01. The average molecular weight is 347 g/mol. The van der Waals surface area contributed by atoms with E-state index in [0.29, 0.717) is 12.8 Å². The van der Waals surface area contributed by atoms with Crippen molar-refractivity contribution in [3.63, 3.8) is 0 Å². The van der Waals surface area contributed by atoms with Gasteiger partial charge in [0.1, 0.15) is 0 Å². The van der Waals surface area contributed by atoms with Crippen molar-refractivity contribution in [1.29, 1.82) is 0 Å². The van der Waals surface area contributed by atoms with E-state index in [1.807, 2.05) is 36.5 Å². The van der Waals surface area contributed by atoms with Gasteiger partial charge in [0, 0.05) is 6.42 Å². The Morgan fingerprint density at radius 1 is 0.880 bits per heavy atom. The quantitative estimate of drug-likeness (QED) is 0.226. The molecule has 0 fully saturated rings. The molecule has 140 valence electrons. The first-order valence-corrected chi connectivity index (χ1v) is 9.35. The second-order valence-corrected chi connectivity index (χ2v) is 5.93. The van der Waals surface area contributed by atoms with Gasteiger partial charge in [-0.3, -0.25) is 4.79 Å². The first-order valence-electron chi connectivity index (χ1n) is 9.35. The Hall–Kier alpha value is -1.87. The summed E-state index contributed by atoms with van der Waals surface area (Å²) in [6, 6.07) is 0. The maximum Gasteiger partial charge on any atom is 0.303 e. The molecule has 0 aromatic heterocycles. The summed E-state index contributed by atoms with van der Waals surface area (Å²) < 4.78 is 0. The number of hydrogen-bond donors (Lipinski definition) is 2. The molecule has 0 saturated carbocycles. The van der Waals surface area contributed by atoms with Crippen LogP contribution in [0, 0.1) is 0 Å². The second-order valence-electron chi connectivity index (χ2n) is 5.93. The number of aliphatic hydroxyl groups excluding tert-OH is 1. The van der Waals surface area contributed by atoms with Crippen LogP contribution >= 0.6 is 0 Å². The van der Waals surface area contributed by atoms with Gasteiger partial charge < -0.3 is 10.2 Å². The molecule has 0 heterocycles. The largest absolute Gasteiger partial charge is 0.481 e. The molecule has 3 nitrogen and oxygen atoms in total. The third-order valence-corrected chi connectivity index (χ3v) is 3.50. The molecule has 0 radical (unpaired) electrons. The Labute approximate surface area is 153 Å². The Kier molecular flexibility index (Phi) is 17.1. The van der Waals surface area contributed by atoms with Gasteiger partial charge in [0.05, 0.1) is 6.10 Å². The van der Waals surface area contributed by atoms with Crippen molar-refractivity contribution in [3.8, 4) is 0 Å². The molecule has 1 atom stereocenters. The molecule has 3 heteroatoms. The minimum atomic E-state index is -0.771. The Morgan fingerprint density at radius 2 is 1.56 bits per heavy atom. The van der Waals surface area contributed by atoms with E-state index >= 15 is 0 Å². The number of allylic oxidation sites excluding steroid dienone is 8. The summed E-state index contributed by atoms with van der Waals surface area (Å²) in [6.07, 6.45) is 27.4. The van der Waals surface area contributed by atoms with Crippen LogP contribution in [0.25, 0.3) is 0 Å². The predicted octanol–water partition coefficient (Wildman–Crippen LogP) is 5.74. The van der Waals surface area contributed by atoms with E-state index in [9.17, 15) is 9.90 Å². The lowest BCUT2D eigenvalue weighted by Crippen LogP contribution is -1.98. The maximum atomic E-state index is 10.3. The number of carboxylic acid groups (broad SMARTS) is 1. The highest BCUT2D eigenvalue weighted by Gasteiger charge is 1.93. The number of aliphatic carboxylic acids is 1. The molecule has 0 aromatic rings. The van der Waals surface area contributed by atoms with E-state index in [4.69, 9.17) is 5.11 Å². The Balaban J connectivity index is 3.68. The van der Waals surface area contributed by atoms with Crippen molar-refractivity contribution in [1.82, 2.24) is 0 Å². The van der Waals surface area contributed by atoms with E-state index in [1.165, 1.54) is 19.3 Å². The van der Waals surface area contributed by atoms with Gasteiger partial charge in [-0.15, -0.1) is 0 Å². The van der Waals surface area contributed by atoms with Crippen LogP contribution in [0.3, 0.4) is 0 Å². The average Bonchev–Trinajstić information content (AvgIpc) is 2.58. The fourth-order valence-electron chi connectivity index (χ4n) is 2.06. The minimum absolute atomic E-state index is 0.173. The summed E-state index contributed by atoms with van der Waals surface area (Å²) in [5.41, 5.74) is 0. The standard InChI is InChI=1S/C22H34O3/c1-2-3-4-5-6-7-8-9-12-15-18-21(23)19-16-13-10-11-14-17-20-22(24)25/h6-7,9,11-16,18,21,23H,2-5,8,10,17,19-20H2,1H3,(H,24,25)/b7-6+,12-9+,14-11+,16-13+,18-15-. The lowest BCUT2D eigenvalue weighted by atomic mass is 10.2. The van der Waals surface area contributed by atoms with E-state index in [2.05, 4.69) is 25.2 Å². The van der Waals surface area contributed by atoms with Crippen LogP contribution in [0.5, 0.6) is 0 Å². The minimum Gasteiger partial charge on any atom is -0.481 e. The fourth-order valence-corrected chi connectivity index (χ4v) is 2.06. The van der Waals surface area contributed by atoms with Crippen LogP contribution in [0.15, 0.2) is 60.8 Å². The first-order chi connectivity index (χ1) is 12.2. The summed E-state index contributed by atoms with van der Waals surface area (Å²) in [7, 11) is 0. The van der Waals surface area contributed by atoms with Gasteiger partial charge in [-0.2, -0.15) is 0 Å². The second kappa shape index (κ2) is 18.5. The lowest BCUT2D eigenvalue weighted by Gasteiger charge is -1.98. The Bertz CT molecular complexity index is 456. The van der Waals surface area contributed by atoms with E-state index in [1.54, 1.807) is 6.08 Å². The molecule has 0 rings (SSSR count). The van der Waals surface area contributed by atoms with E-state index < -0.39 is 12.1 Å². The van der Waals surface area contributed by atoms with Crippen molar-refractivity contribution in [2.24, 2.45) is 0 Å². The molecule has 0 bridgehead atoms. The van der Waals surface area contributed by atoms with Crippen LogP contribution in [0.4, 0.5) is 0 Å². The molecule has 25 heavy (non-hydrogen) atoms. The van der Waals surface area contributed by atoms with E-state index in [-0.39, 0.29) is 6.42 Å². The number of unbranched alkanes of at least 4 members (excludes halogenated alkanes) is 3. The zero-order valence-corrected chi connectivity index (χ0v) is 15.5. The summed E-state index contributed by atoms with van der Waals surface area (Å²) >= 11 is 0. The normalized spacial score (nSPS) is 14.0. The SMILES string of the molecule is CCCCC/C=C/C/C=C/C=C\C(O)C/C=C/C/C=C/CCC(=O)O. The molecule has 1 unspecified atom stereocenters. The predicted molar refractivity (Wildman–Crippen MR) is 107 cm³/mol. The number of rotatable bonds is 15. The number of hydrogen-bond acceptors (Lipinski definition) is 2. The monoisotopic (exact) mass is 346 g/mol. The van der Waals surface area contributed by atoms with Gasteiger partial charge in [0.25, 0.3) is 0 Å². The van der Waals surface area contributed by atoms with Crippen molar-refractivity contribution < 1.29 is 15.0 Å². The Morgan fingerprint density at radius 3 is 2.28 bits per heavy atom. The molecule has 0 aromatic carbocycles. The van der Waals surface area contributed by atoms with Crippen LogP contribution < -0.4 is 0 Å². The molecular weight excluding hydrogens is 312 g/mol. The summed E-state index contributed by atoms with van der Waals surface area (Å²) in [5, 5.41) is 18.3. The molecule has 0 amide bonds. The summed E-state index contributed by atoms with van der Waals surface area (Å²) in [5.74, 6) is -0.771. The van der Waals surface area contributed by atoms with Crippen LogP contribution in [0.1, 0.15) is 64.7 Å². The van der Waals surface area contributed by atoms with Crippen molar-refractivity contribution >= 4 is 5.97 Å². The van der Waals surface area contributed by atoms with Gasteiger partial charge in [-0.05, 0) is 38.5 Å². The third kappa shape index (κ3) is 20.1. The zero-order valence-electron chi connectivity index (χ0n) is 15.5. The molecular formula is C22H34O3. The molecule has 0 aliphatic heterocycles. The van der Waals surface area contributed by atoms with Crippen LogP contribution in [-0.4, -0.2) is 22.3 Å². The zero-order chi connectivity index (χ0) is 18.6. The van der Waals surface area contributed by atoms with Crippen molar-refractivity contribution in [3.05, 3.63) is 60.8 Å². The van der Waals surface area contributed by atoms with Crippen molar-refractivity contribution in [2.45, 2.75) is 70.8 Å². The number of aliphatic hydroxyl groups is 1. The molecule has 0 saturated heterocycles. The van der Waals surface area contributed by atoms with E-state index in [0.717, 1.165) is 19.3 Å². The van der Waals surface area contributed by atoms with Gasteiger partial charge in [0.2, 0.25) is 0 Å². The summed E-state index contributed by atoms with van der Waals surface area (Å²) in [6.45, 7) is 2.21. The van der Waals surface area contributed by atoms with Gasteiger partial charge >= 0.3 is 5.97 Å². The first kappa shape index (κ1) is 23.1. The van der Waals surface area contributed by atoms with Gasteiger partial charge in [-0.1, -0.05) is 80.5 Å². The number of carboxylic acids is 1. The molecule has 0 aliphatic rings. The van der Waals surface area contributed by atoms with Crippen molar-refractivity contribution in [2.75, 3.05) is 0 Å². The van der Waals surface area contributed by atoms with Gasteiger partial charge in [0.15, 0.2) is 0 Å².